The summed E-state index contributed by atoms with van der Waals surface area (Å²) < 4.78 is 0. The van der Waals surface area contributed by atoms with Crippen molar-refractivity contribution in [1.29, 1.82) is 0 Å². The van der Waals surface area contributed by atoms with Crippen molar-refractivity contribution >= 4 is 17.6 Å². The van der Waals surface area contributed by atoms with E-state index in [4.69, 9.17) is 5.11 Å². The van der Waals surface area contributed by atoms with Gasteiger partial charge in [0.2, 0.25) is 0 Å². The molecule has 4 heterocycles. The van der Waals surface area contributed by atoms with Gasteiger partial charge in [0, 0.05) is 44.5 Å². The molecule has 31 heavy (non-hydrogen) atoms. The zero-order valence-corrected chi connectivity index (χ0v) is 17.9. The number of anilines is 2. The van der Waals surface area contributed by atoms with E-state index >= 15 is 0 Å². The molecule has 3 aromatic heterocycles. The van der Waals surface area contributed by atoms with Crippen LogP contribution in [0.1, 0.15) is 39.8 Å². The second-order valence-electron chi connectivity index (χ2n) is 7.81. The van der Waals surface area contributed by atoms with Crippen LogP contribution in [0.4, 0.5) is 11.6 Å². The van der Waals surface area contributed by atoms with Crippen molar-refractivity contribution in [2.75, 3.05) is 29.4 Å². The van der Waals surface area contributed by atoms with E-state index in [2.05, 4.69) is 55.7 Å². The highest BCUT2D eigenvalue weighted by atomic mass is 16.4. The second kappa shape index (κ2) is 8.63. The number of carboxylic acids is 1. The van der Waals surface area contributed by atoms with Gasteiger partial charge in [-0.05, 0) is 43.5 Å². The van der Waals surface area contributed by atoms with Crippen LogP contribution in [0, 0.1) is 13.8 Å². The summed E-state index contributed by atoms with van der Waals surface area (Å²) in [7, 11) is 0. The Balaban J connectivity index is 1.48. The van der Waals surface area contributed by atoms with Crippen LogP contribution in [0.2, 0.25) is 0 Å². The molecule has 0 bridgehead atoms. The summed E-state index contributed by atoms with van der Waals surface area (Å²) in [4.78, 5) is 27.8. The van der Waals surface area contributed by atoms with E-state index in [0.717, 1.165) is 47.8 Å². The van der Waals surface area contributed by atoms with Crippen molar-refractivity contribution in [2.24, 2.45) is 0 Å². The third kappa shape index (κ3) is 4.30. The van der Waals surface area contributed by atoms with Gasteiger partial charge in [0.15, 0.2) is 11.5 Å². The molecule has 1 atom stereocenters. The number of aromatic nitrogens is 5. The van der Waals surface area contributed by atoms with Crippen molar-refractivity contribution in [2.45, 2.75) is 33.2 Å². The summed E-state index contributed by atoms with van der Waals surface area (Å²) in [5.41, 5.74) is 4.32. The summed E-state index contributed by atoms with van der Waals surface area (Å²) in [6.45, 7) is 8.58. The van der Waals surface area contributed by atoms with Crippen LogP contribution in [-0.2, 0) is 6.42 Å². The largest absolute Gasteiger partial charge is 0.476 e. The number of nitrogens with zero attached hydrogens (tertiary/aromatic N) is 7. The van der Waals surface area contributed by atoms with Crippen molar-refractivity contribution < 1.29 is 9.90 Å². The number of aromatic carboxylic acids is 1. The summed E-state index contributed by atoms with van der Waals surface area (Å²) in [5.74, 6) is 0.516. The Morgan fingerprint density at radius 1 is 1.13 bits per heavy atom. The van der Waals surface area contributed by atoms with E-state index in [1.807, 2.05) is 18.3 Å². The number of hydrogen-bond donors (Lipinski definition) is 1. The van der Waals surface area contributed by atoms with Crippen LogP contribution < -0.4 is 9.80 Å². The highest BCUT2D eigenvalue weighted by molar-refractivity contribution is 5.84. The molecule has 0 spiro atoms. The van der Waals surface area contributed by atoms with Crippen LogP contribution >= 0.6 is 0 Å². The molecular weight excluding hydrogens is 394 g/mol. The average molecular weight is 419 g/mol. The normalized spacial score (nSPS) is 16.4. The summed E-state index contributed by atoms with van der Waals surface area (Å²) in [5, 5.41) is 18.1. The van der Waals surface area contributed by atoms with Gasteiger partial charge in [-0.25, -0.2) is 14.8 Å². The minimum atomic E-state index is -1.08. The SMILES string of the molecule is Cc1c(Cc2cccnc2)nnc(N2CCN(c3cnc(C(=O)O)cn3)[C@H](C)C2)c1C. The molecule has 1 fully saturated rings. The zero-order chi connectivity index (χ0) is 22.0. The highest BCUT2D eigenvalue weighted by Crippen LogP contribution is 2.26. The third-order valence-corrected chi connectivity index (χ3v) is 5.77. The number of carboxylic acid groups (broad SMARTS) is 1. The lowest BCUT2D eigenvalue weighted by atomic mass is 10.0. The molecule has 0 unspecified atom stereocenters. The fourth-order valence-corrected chi connectivity index (χ4v) is 3.88. The molecule has 0 radical (unpaired) electrons. The van der Waals surface area contributed by atoms with Crippen molar-refractivity contribution in [3.8, 4) is 0 Å². The van der Waals surface area contributed by atoms with Crippen LogP contribution in [0.3, 0.4) is 0 Å². The molecule has 1 N–H and O–H groups in total. The molecule has 4 rings (SSSR count). The number of hydrogen-bond acceptors (Lipinski definition) is 8. The molecule has 160 valence electrons. The molecular formula is C22H25N7O2. The number of rotatable bonds is 5. The Morgan fingerprint density at radius 3 is 2.61 bits per heavy atom. The zero-order valence-electron chi connectivity index (χ0n) is 17.9. The minimum absolute atomic E-state index is 0.0530. The second-order valence-corrected chi connectivity index (χ2v) is 7.81. The molecule has 0 aliphatic carbocycles. The van der Waals surface area contributed by atoms with Crippen molar-refractivity contribution in [1.82, 2.24) is 25.1 Å². The highest BCUT2D eigenvalue weighted by Gasteiger charge is 2.27. The van der Waals surface area contributed by atoms with Gasteiger partial charge in [-0.2, -0.15) is 5.10 Å². The molecule has 9 nitrogen and oxygen atoms in total. The molecule has 0 amide bonds. The monoisotopic (exact) mass is 419 g/mol. The Kier molecular flexibility index (Phi) is 5.75. The van der Waals surface area contributed by atoms with Crippen LogP contribution in [0.5, 0.6) is 0 Å². The number of pyridine rings is 1. The van der Waals surface area contributed by atoms with E-state index in [1.54, 1.807) is 6.20 Å². The Morgan fingerprint density at radius 2 is 1.97 bits per heavy atom. The molecule has 9 heteroatoms. The predicted molar refractivity (Wildman–Crippen MR) is 117 cm³/mol. The first kappa shape index (κ1) is 20.6. The van der Waals surface area contributed by atoms with Gasteiger partial charge in [-0.15, -0.1) is 5.10 Å². The third-order valence-electron chi connectivity index (χ3n) is 5.77. The van der Waals surface area contributed by atoms with Gasteiger partial charge in [-0.3, -0.25) is 4.98 Å². The Labute approximate surface area is 180 Å². The maximum absolute atomic E-state index is 11.0. The van der Waals surface area contributed by atoms with Gasteiger partial charge < -0.3 is 14.9 Å². The molecule has 1 aliphatic rings. The lowest BCUT2D eigenvalue weighted by molar-refractivity contribution is 0.0690. The minimum Gasteiger partial charge on any atom is -0.476 e. The maximum Gasteiger partial charge on any atom is 0.356 e. The molecule has 0 aromatic carbocycles. The molecule has 1 saturated heterocycles. The summed E-state index contributed by atoms with van der Waals surface area (Å²) in [6.07, 6.45) is 7.16. The van der Waals surface area contributed by atoms with Gasteiger partial charge >= 0.3 is 5.97 Å². The smallest absolute Gasteiger partial charge is 0.356 e. The standard InChI is InChI=1S/C22H25N7O2/c1-14-13-28(7-8-29(14)20-12-24-19(11-25-20)22(30)31)21-16(3)15(2)18(26-27-21)9-17-5-4-6-23-10-17/h4-6,10-12,14H,7-9,13H2,1-3H3,(H,30,31)/t14-/m1/s1. The van der Waals surface area contributed by atoms with Crippen molar-refractivity contribution in [3.05, 3.63) is 65.0 Å². The maximum atomic E-state index is 11.0. The average Bonchev–Trinajstić information content (AvgIpc) is 2.78. The number of piperazine rings is 1. The lowest BCUT2D eigenvalue weighted by Crippen LogP contribution is -2.53. The Hall–Kier alpha value is -3.62. The van der Waals surface area contributed by atoms with Crippen LogP contribution in [0.25, 0.3) is 0 Å². The lowest BCUT2D eigenvalue weighted by Gasteiger charge is -2.41. The quantitative estimate of drug-likeness (QED) is 0.666. The first-order valence-electron chi connectivity index (χ1n) is 10.2. The molecule has 0 saturated carbocycles. The predicted octanol–water partition coefficient (Wildman–Crippen LogP) is 2.28. The summed E-state index contributed by atoms with van der Waals surface area (Å²) in [6, 6.07) is 4.14. The van der Waals surface area contributed by atoms with Crippen LogP contribution in [0.15, 0.2) is 36.9 Å². The van der Waals surface area contributed by atoms with Gasteiger partial charge in [-0.1, -0.05) is 6.07 Å². The fourth-order valence-electron chi connectivity index (χ4n) is 3.88. The Bertz CT molecular complexity index is 1070. The van der Waals surface area contributed by atoms with Gasteiger partial charge in [0.1, 0.15) is 5.82 Å². The van der Waals surface area contributed by atoms with Crippen LogP contribution in [-0.4, -0.2) is 61.9 Å². The first-order valence-corrected chi connectivity index (χ1v) is 10.2. The van der Waals surface area contributed by atoms with E-state index < -0.39 is 5.97 Å². The van der Waals surface area contributed by atoms with Gasteiger partial charge in [0.25, 0.3) is 0 Å². The topological polar surface area (TPSA) is 108 Å². The molecule has 3 aromatic rings. The van der Waals surface area contributed by atoms with E-state index in [0.29, 0.717) is 12.2 Å². The number of carbonyl (C=O) groups is 1. The first-order chi connectivity index (χ1) is 14.9. The van der Waals surface area contributed by atoms with Crippen molar-refractivity contribution in [3.63, 3.8) is 0 Å². The fraction of sp³-hybridized carbons (Fsp3) is 0.364. The van der Waals surface area contributed by atoms with E-state index in [1.165, 1.54) is 12.4 Å². The van der Waals surface area contributed by atoms with Gasteiger partial charge in [0.05, 0.1) is 18.1 Å². The summed E-state index contributed by atoms with van der Waals surface area (Å²) >= 11 is 0. The van der Waals surface area contributed by atoms with E-state index in [9.17, 15) is 4.79 Å². The molecule has 1 aliphatic heterocycles. The van der Waals surface area contributed by atoms with E-state index in [-0.39, 0.29) is 11.7 Å².